The summed E-state index contributed by atoms with van der Waals surface area (Å²) < 4.78 is 0. The number of hydrogen-bond acceptors (Lipinski definition) is 0. The van der Waals surface area contributed by atoms with Crippen LogP contribution in [0, 0.1) is 5.92 Å². The Bertz CT molecular complexity index is 125. The molecule has 0 heterocycles. The molecule has 0 saturated heterocycles. The zero-order chi connectivity index (χ0) is 9.40. The third-order valence-electron chi connectivity index (χ3n) is 1.95. The Morgan fingerprint density at radius 2 is 2.08 bits per heavy atom. The number of halogens is 1. The molecule has 0 aliphatic heterocycles. The van der Waals surface area contributed by atoms with Crippen molar-refractivity contribution in [1.82, 2.24) is 0 Å². The second-order valence-electron chi connectivity index (χ2n) is 3.81. The summed E-state index contributed by atoms with van der Waals surface area (Å²) in [6, 6.07) is 0. The van der Waals surface area contributed by atoms with E-state index in [4.69, 9.17) is 0 Å². The molecule has 0 amide bonds. The molecule has 0 aliphatic carbocycles. The van der Waals surface area contributed by atoms with E-state index in [0.717, 1.165) is 11.2 Å². The zero-order valence-corrected chi connectivity index (χ0v) is 10.2. The van der Waals surface area contributed by atoms with Gasteiger partial charge in [-0.25, -0.2) is 0 Å². The molecule has 0 aromatic carbocycles. The maximum absolute atomic E-state index is 3.42. The van der Waals surface area contributed by atoms with Gasteiger partial charge in [-0.05, 0) is 32.1 Å². The quantitative estimate of drug-likeness (QED) is 0.466. The van der Waals surface area contributed by atoms with Crippen LogP contribution in [-0.2, 0) is 0 Å². The van der Waals surface area contributed by atoms with Crippen LogP contribution in [0.5, 0.6) is 0 Å². The first-order valence-electron chi connectivity index (χ1n) is 4.88. The molecule has 0 bridgehead atoms. The molecule has 1 heteroatoms. The van der Waals surface area contributed by atoms with Crippen molar-refractivity contribution in [3.8, 4) is 0 Å². The van der Waals surface area contributed by atoms with Gasteiger partial charge in [0.25, 0.3) is 0 Å². The molecule has 12 heavy (non-hydrogen) atoms. The van der Waals surface area contributed by atoms with Crippen molar-refractivity contribution in [3.05, 3.63) is 11.6 Å². The summed E-state index contributed by atoms with van der Waals surface area (Å²) in [6.45, 7) is 6.82. The zero-order valence-electron chi connectivity index (χ0n) is 8.57. The maximum Gasteiger partial charge on any atom is 0.00660 e. The molecule has 0 aromatic heterocycles. The Labute approximate surface area is 85.6 Å². The number of hydrogen-bond donors (Lipinski definition) is 0. The van der Waals surface area contributed by atoms with Gasteiger partial charge >= 0.3 is 0 Å². The van der Waals surface area contributed by atoms with E-state index in [0.29, 0.717) is 0 Å². The molecule has 0 radical (unpaired) electrons. The van der Waals surface area contributed by atoms with E-state index in [1.54, 1.807) is 5.57 Å². The summed E-state index contributed by atoms with van der Waals surface area (Å²) in [6.07, 6.45) is 7.51. The van der Waals surface area contributed by atoms with Crippen molar-refractivity contribution in [3.63, 3.8) is 0 Å². The molecular weight excluding hydrogens is 212 g/mol. The van der Waals surface area contributed by atoms with Crippen LogP contribution in [-0.4, -0.2) is 5.33 Å². The van der Waals surface area contributed by atoms with Crippen LogP contribution >= 0.6 is 15.9 Å². The Morgan fingerprint density at radius 3 is 2.58 bits per heavy atom. The van der Waals surface area contributed by atoms with Crippen molar-refractivity contribution in [2.75, 3.05) is 5.33 Å². The summed E-state index contributed by atoms with van der Waals surface area (Å²) in [5, 5.41) is 1.09. The summed E-state index contributed by atoms with van der Waals surface area (Å²) >= 11 is 3.42. The van der Waals surface area contributed by atoms with E-state index >= 15 is 0 Å². The number of rotatable bonds is 6. The van der Waals surface area contributed by atoms with E-state index < -0.39 is 0 Å². The van der Waals surface area contributed by atoms with Gasteiger partial charge in [0, 0.05) is 5.33 Å². The fourth-order valence-electron chi connectivity index (χ4n) is 1.19. The highest BCUT2D eigenvalue weighted by Crippen LogP contribution is 2.12. The third kappa shape index (κ3) is 8.32. The Kier molecular flexibility index (Phi) is 7.99. The average molecular weight is 233 g/mol. The van der Waals surface area contributed by atoms with Gasteiger partial charge in [0.05, 0.1) is 0 Å². The standard InChI is InChI=1S/C11H21Br/c1-10(2)6-4-7-11(3)8-5-9-12/h8,10H,4-7,9H2,1-3H3/b11-8+. The Balaban J connectivity index is 3.36. The largest absolute Gasteiger partial charge is 0.0925 e. The molecular formula is C11H21Br. The minimum atomic E-state index is 0.856. The van der Waals surface area contributed by atoms with Crippen LogP contribution in [0.4, 0.5) is 0 Å². The first-order chi connectivity index (χ1) is 5.66. The van der Waals surface area contributed by atoms with E-state index in [1.165, 1.54) is 25.7 Å². The minimum absolute atomic E-state index is 0.856. The van der Waals surface area contributed by atoms with Crippen molar-refractivity contribution >= 4 is 15.9 Å². The Morgan fingerprint density at radius 1 is 1.42 bits per heavy atom. The van der Waals surface area contributed by atoms with Crippen molar-refractivity contribution in [1.29, 1.82) is 0 Å². The van der Waals surface area contributed by atoms with E-state index in [2.05, 4.69) is 42.8 Å². The molecule has 0 spiro atoms. The first-order valence-corrected chi connectivity index (χ1v) is 6.00. The lowest BCUT2D eigenvalue weighted by Gasteiger charge is -2.04. The molecule has 72 valence electrons. The lowest BCUT2D eigenvalue weighted by Crippen LogP contribution is -1.87. The lowest BCUT2D eigenvalue weighted by molar-refractivity contribution is 0.554. The van der Waals surface area contributed by atoms with Crippen LogP contribution in [0.3, 0.4) is 0 Å². The predicted octanol–water partition coefficient (Wildman–Crippen LogP) is 4.54. The van der Waals surface area contributed by atoms with Crippen molar-refractivity contribution in [2.45, 2.75) is 46.5 Å². The van der Waals surface area contributed by atoms with Gasteiger partial charge in [-0.1, -0.05) is 47.8 Å². The molecule has 0 aliphatic rings. The monoisotopic (exact) mass is 232 g/mol. The third-order valence-corrected chi connectivity index (χ3v) is 2.41. The van der Waals surface area contributed by atoms with Gasteiger partial charge in [0.15, 0.2) is 0 Å². The molecule has 0 N–H and O–H groups in total. The Hall–Kier alpha value is 0.220. The van der Waals surface area contributed by atoms with Gasteiger partial charge in [-0.3, -0.25) is 0 Å². The topological polar surface area (TPSA) is 0 Å². The maximum atomic E-state index is 3.42. The van der Waals surface area contributed by atoms with E-state index in [1.807, 2.05) is 0 Å². The van der Waals surface area contributed by atoms with Gasteiger partial charge in [0.1, 0.15) is 0 Å². The normalized spacial score (nSPS) is 12.6. The molecule has 0 aromatic rings. The first kappa shape index (κ1) is 12.2. The van der Waals surface area contributed by atoms with Crippen LogP contribution in [0.2, 0.25) is 0 Å². The molecule has 0 fully saturated rings. The molecule has 0 atom stereocenters. The second-order valence-corrected chi connectivity index (χ2v) is 4.61. The van der Waals surface area contributed by atoms with Crippen LogP contribution < -0.4 is 0 Å². The highest BCUT2D eigenvalue weighted by molar-refractivity contribution is 9.09. The SMILES string of the molecule is C/C(=C\CCBr)CCCC(C)C. The fourth-order valence-corrected chi connectivity index (χ4v) is 1.42. The van der Waals surface area contributed by atoms with Gasteiger partial charge in [0.2, 0.25) is 0 Å². The average Bonchev–Trinajstić information content (AvgIpc) is 2.00. The minimum Gasteiger partial charge on any atom is -0.0925 e. The van der Waals surface area contributed by atoms with E-state index in [9.17, 15) is 0 Å². The second kappa shape index (κ2) is 7.85. The van der Waals surface area contributed by atoms with Gasteiger partial charge < -0.3 is 0 Å². The highest BCUT2D eigenvalue weighted by Gasteiger charge is 1.94. The molecule has 0 unspecified atom stereocenters. The van der Waals surface area contributed by atoms with Crippen molar-refractivity contribution in [2.24, 2.45) is 5.92 Å². The van der Waals surface area contributed by atoms with Gasteiger partial charge in [-0.2, -0.15) is 0 Å². The number of alkyl halides is 1. The summed E-state index contributed by atoms with van der Waals surface area (Å²) in [5.41, 5.74) is 1.55. The predicted molar refractivity (Wildman–Crippen MR) is 60.9 cm³/mol. The van der Waals surface area contributed by atoms with Crippen LogP contribution in [0.1, 0.15) is 46.5 Å². The smallest absolute Gasteiger partial charge is 0.00660 e. The van der Waals surface area contributed by atoms with E-state index in [-0.39, 0.29) is 0 Å². The molecule has 0 rings (SSSR count). The molecule has 0 nitrogen and oxygen atoms in total. The van der Waals surface area contributed by atoms with Crippen LogP contribution in [0.25, 0.3) is 0 Å². The summed E-state index contributed by atoms with van der Waals surface area (Å²) in [5.74, 6) is 0.856. The van der Waals surface area contributed by atoms with Gasteiger partial charge in [-0.15, -0.1) is 0 Å². The lowest BCUT2D eigenvalue weighted by atomic mass is 10.0. The van der Waals surface area contributed by atoms with Crippen molar-refractivity contribution < 1.29 is 0 Å². The van der Waals surface area contributed by atoms with Crippen LogP contribution in [0.15, 0.2) is 11.6 Å². The number of allylic oxidation sites excluding steroid dienone is 2. The summed E-state index contributed by atoms with van der Waals surface area (Å²) in [4.78, 5) is 0. The molecule has 0 saturated carbocycles. The highest BCUT2D eigenvalue weighted by atomic mass is 79.9. The summed E-state index contributed by atoms with van der Waals surface area (Å²) in [7, 11) is 0. The fraction of sp³-hybridized carbons (Fsp3) is 0.818.